The second-order valence-electron chi connectivity index (χ2n) is 7.33. The predicted molar refractivity (Wildman–Crippen MR) is 127 cm³/mol. The van der Waals surface area contributed by atoms with Crippen LogP contribution in [0, 0.1) is 0 Å². The average Bonchev–Trinajstić information content (AvgIpc) is 3.30. The highest BCUT2D eigenvalue weighted by atomic mass is 16.5. The topological polar surface area (TPSA) is 74.6 Å². The number of methoxy groups -OCH3 is 3. The number of amides is 1. The summed E-state index contributed by atoms with van der Waals surface area (Å²) in [6.07, 6.45) is 1.84. The Hall–Kier alpha value is -4.10. The molecule has 0 aliphatic heterocycles. The van der Waals surface area contributed by atoms with E-state index in [2.05, 4.69) is 10.4 Å². The molecule has 7 heteroatoms. The van der Waals surface area contributed by atoms with Gasteiger partial charge >= 0.3 is 0 Å². The number of carbonyl (C=O) groups excluding carboxylic acids is 1. The molecule has 0 bridgehead atoms. The van der Waals surface area contributed by atoms with Crippen LogP contribution in [0.1, 0.15) is 16.1 Å². The molecule has 0 unspecified atom stereocenters. The highest BCUT2D eigenvalue weighted by Gasteiger charge is 2.20. The summed E-state index contributed by atoms with van der Waals surface area (Å²) in [5.41, 5.74) is 4.23. The zero-order valence-corrected chi connectivity index (χ0v) is 18.7. The molecule has 4 rings (SSSR count). The molecule has 1 aromatic heterocycles. The van der Waals surface area contributed by atoms with E-state index in [9.17, 15) is 4.79 Å². The molecule has 3 aromatic carbocycles. The van der Waals surface area contributed by atoms with Gasteiger partial charge in [0.25, 0.3) is 5.91 Å². The molecule has 1 amide bonds. The normalized spacial score (nSPS) is 10.6. The predicted octanol–water partition coefficient (Wildman–Crippen LogP) is 4.96. The summed E-state index contributed by atoms with van der Waals surface area (Å²) in [5, 5.41) is 7.57. The largest absolute Gasteiger partial charge is 0.493 e. The van der Waals surface area contributed by atoms with E-state index >= 15 is 0 Å². The van der Waals surface area contributed by atoms with Crippen LogP contribution >= 0.6 is 0 Å². The zero-order valence-electron chi connectivity index (χ0n) is 18.7. The molecule has 33 heavy (non-hydrogen) atoms. The van der Waals surface area contributed by atoms with E-state index < -0.39 is 0 Å². The van der Waals surface area contributed by atoms with Gasteiger partial charge in [0.15, 0.2) is 17.2 Å². The molecule has 0 aliphatic carbocycles. The third-order valence-corrected chi connectivity index (χ3v) is 5.14. The summed E-state index contributed by atoms with van der Waals surface area (Å²) in [6.45, 7) is 0.462. The third kappa shape index (κ3) is 4.88. The first-order valence-electron chi connectivity index (χ1n) is 10.4. The van der Waals surface area contributed by atoms with Gasteiger partial charge in [-0.15, -0.1) is 0 Å². The number of anilines is 1. The van der Waals surface area contributed by atoms with Crippen LogP contribution in [0.2, 0.25) is 0 Å². The van der Waals surface area contributed by atoms with Crippen molar-refractivity contribution in [2.24, 2.45) is 0 Å². The lowest BCUT2D eigenvalue weighted by molar-refractivity contribution is 0.102. The van der Waals surface area contributed by atoms with Gasteiger partial charge in [0, 0.05) is 24.6 Å². The molecule has 0 spiro atoms. The van der Waals surface area contributed by atoms with Crippen molar-refractivity contribution in [3.8, 4) is 28.3 Å². The van der Waals surface area contributed by atoms with Gasteiger partial charge in [0.05, 0.1) is 26.5 Å². The number of ether oxygens (including phenoxy) is 3. The van der Waals surface area contributed by atoms with Gasteiger partial charge in [0.2, 0.25) is 0 Å². The number of hydrogen-bond acceptors (Lipinski definition) is 5. The van der Waals surface area contributed by atoms with Crippen molar-refractivity contribution < 1.29 is 19.0 Å². The molecule has 0 atom stereocenters. The summed E-state index contributed by atoms with van der Waals surface area (Å²) in [5.74, 6) is 0.864. The van der Waals surface area contributed by atoms with Crippen molar-refractivity contribution in [1.82, 2.24) is 9.78 Å². The molecule has 1 heterocycles. The summed E-state index contributed by atoms with van der Waals surface area (Å²) in [7, 11) is 4.80. The number of nitrogens with zero attached hydrogens (tertiary/aromatic N) is 2. The van der Waals surface area contributed by atoms with E-state index in [4.69, 9.17) is 14.2 Å². The summed E-state index contributed by atoms with van der Waals surface area (Å²) >= 11 is 0. The van der Waals surface area contributed by atoms with Crippen LogP contribution in [0.5, 0.6) is 11.5 Å². The number of benzene rings is 3. The van der Waals surface area contributed by atoms with Gasteiger partial charge in [0.1, 0.15) is 0 Å². The lowest BCUT2D eigenvalue weighted by atomic mass is 10.1. The lowest BCUT2D eigenvalue weighted by Gasteiger charge is -2.10. The third-order valence-electron chi connectivity index (χ3n) is 5.14. The first-order valence-corrected chi connectivity index (χ1v) is 10.4. The molecule has 168 valence electrons. The minimum absolute atomic E-state index is 0.295. The maximum Gasteiger partial charge on any atom is 0.276 e. The van der Waals surface area contributed by atoms with Crippen LogP contribution in [0.15, 0.2) is 79.0 Å². The van der Waals surface area contributed by atoms with E-state index in [0.29, 0.717) is 35.1 Å². The van der Waals surface area contributed by atoms with Crippen LogP contribution in [0.4, 0.5) is 5.69 Å². The SMILES string of the molecule is COCc1cccc(NC(=O)c2nn(-c3ccccc3)cc2-c2ccc(OC)c(OC)c2)c1. The molecule has 4 aromatic rings. The number of rotatable bonds is 8. The first kappa shape index (κ1) is 22.1. The van der Waals surface area contributed by atoms with Crippen molar-refractivity contribution in [2.75, 3.05) is 26.6 Å². The van der Waals surface area contributed by atoms with Crippen molar-refractivity contribution in [1.29, 1.82) is 0 Å². The van der Waals surface area contributed by atoms with E-state index in [1.54, 1.807) is 26.0 Å². The highest BCUT2D eigenvalue weighted by molar-refractivity contribution is 6.07. The van der Waals surface area contributed by atoms with Crippen LogP contribution in [-0.4, -0.2) is 37.0 Å². The van der Waals surface area contributed by atoms with E-state index in [0.717, 1.165) is 16.8 Å². The van der Waals surface area contributed by atoms with E-state index in [1.807, 2.05) is 79.0 Å². The maximum absolute atomic E-state index is 13.3. The molecule has 0 saturated carbocycles. The van der Waals surface area contributed by atoms with Gasteiger partial charge in [-0.1, -0.05) is 36.4 Å². The summed E-state index contributed by atoms with van der Waals surface area (Å²) in [6, 6.07) is 22.7. The number of carbonyl (C=O) groups is 1. The van der Waals surface area contributed by atoms with Crippen LogP contribution in [-0.2, 0) is 11.3 Å². The number of nitrogens with one attached hydrogen (secondary N) is 1. The minimum atomic E-state index is -0.316. The smallest absolute Gasteiger partial charge is 0.276 e. The standard InChI is InChI=1S/C26H25N3O4/c1-31-17-18-8-7-9-20(14-18)27-26(30)25-22(16-29(28-25)21-10-5-4-6-11-21)19-12-13-23(32-2)24(15-19)33-3/h4-16H,17H2,1-3H3,(H,27,30). The summed E-state index contributed by atoms with van der Waals surface area (Å²) in [4.78, 5) is 13.3. The second-order valence-corrected chi connectivity index (χ2v) is 7.33. The number of hydrogen-bond donors (Lipinski definition) is 1. The molecule has 0 fully saturated rings. The van der Waals surface area contributed by atoms with Crippen molar-refractivity contribution in [3.05, 3.63) is 90.3 Å². The molecule has 0 aliphatic rings. The Kier molecular flexibility index (Phi) is 6.71. The zero-order chi connectivity index (χ0) is 23.2. The second kappa shape index (κ2) is 10.0. The average molecular weight is 444 g/mol. The fraction of sp³-hybridized carbons (Fsp3) is 0.154. The van der Waals surface area contributed by atoms with Crippen molar-refractivity contribution in [2.45, 2.75) is 6.61 Å². The first-order chi connectivity index (χ1) is 16.1. The van der Waals surface area contributed by atoms with Gasteiger partial charge in [-0.05, 0) is 47.5 Å². The molecule has 0 radical (unpaired) electrons. The molecule has 7 nitrogen and oxygen atoms in total. The summed E-state index contributed by atoms with van der Waals surface area (Å²) < 4.78 is 17.7. The van der Waals surface area contributed by atoms with Crippen molar-refractivity contribution in [3.63, 3.8) is 0 Å². The monoisotopic (exact) mass is 443 g/mol. The highest BCUT2D eigenvalue weighted by Crippen LogP contribution is 2.34. The van der Waals surface area contributed by atoms with E-state index in [-0.39, 0.29) is 5.91 Å². The van der Waals surface area contributed by atoms with Gasteiger partial charge in [-0.25, -0.2) is 4.68 Å². The molecule has 0 saturated heterocycles. The Balaban J connectivity index is 1.75. The Labute approximate surface area is 192 Å². The van der Waals surface area contributed by atoms with Crippen molar-refractivity contribution >= 4 is 11.6 Å². The molecule has 1 N–H and O–H groups in total. The lowest BCUT2D eigenvalue weighted by Crippen LogP contribution is -2.14. The molecular formula is C26H25N3O4. The van der Waals surface area contributed by atoms with Gasteiger partial charge < -0.3 is 19.5 Å². The Morgan fingerprint density at radius 1 is 0.909 bits per heavy atom. The Morgan fingerprint density at radius 3 is 2.42 bits per heavy atom. The number of para-hydroxylation sites is 1. The maximum atomic E-state index is 13.3. The quantitative estimate of drug-likeness (QED) is 0.417. The Bertz CT molecular complexity index is 1250. The van der Waals surface area contributed by atoms with Crippen LogP contribution in [0.3, 0.4) is 0 Å². The number of aromatic nitrogens is 2. The van der Waals surface area contributed by atoms with Gasteiger partial charge in [-0.3, -0.25) is 4.79 Å². The van der Waals surface area contributed by atoms with E-state index in [1.165, 1.54) is 0 Å². The van der Waals surface area contributed by atoms with Crippen LogP contribution < -0.4 is 14.8 Å². The molecular weight excluding hydrogens is 418 g/mol. The fourth-order valence-electron chi connectivity index (χ4n) is 3.57. The Morgan fingerprint density at radius 2 is 1.70 bits per heavy atom. The van der Waals surface area contributed by atoms with Crippen LogP contribution in [0.25, 0.3) is 16.8 Å². The fourth-order valence-corrected chi connectivity index (χ4v) is 3.57. The minimum Gasteiger partial charge on any atom is -0.493 e. The van der Waals surface area contributed by atoms with Gasteiger partial charge in [-0.2, -0.15) is 5.10 Å².